The molecule has 0 unspecified atom stereocenters. The summed E-state index contributed by atoms with van der Waals surface area (Å²) in [5.74, 6) is 0.902. The van der Waals surface area contributed by atoms with Gasteiger partial charge in [0.2, 0.25) is 4.96 Å². The van der Waals surface area contributed by atoms with Gasteiger partial charge in [-0.15, -0.1) is 0 Å². The number of methoxy groups -OCH3 is 2. The van der Waals surface area contributed by atoms with E-state index in [-0.39, 0.29) is 5.78 Å². The van der Waals surface area contributed by atoms with Gasteiger partial charge in [-0.1, -0.05) is 35.1 Å². The van der Waals surface area contributed by atoms with Crippen LogP contribution in [0.3, 0.4) is 0 Å². The summed E-state index contributed by atoms with van der Waals surface area (Å²) < 4.78 is 12.3. The zero-order chi connectivity index (χ0) is 21.3. The van der Waals surface area contributed by atoms with Crippen molar-refractivity contribution in [3.63, 3.8) is 0 Å². The molecule has 0 atom stereocenters. The van der Waals surface area contributed by atoms with Crippen molar-refractivity contribution in [1.29, 1.82) is 0 Å². The van der Waals surface area contributed by atoms with Gasteiger partial charge in [0, 0.05) is 16.1 Å². The molecule has 0 N–H and O–H groups in total. The Balaban J connectivity index is 1.73. The molecule has 2 heterocycles. The fraction of sp³-hybridized carbons (Fsp3) is 0.136. The van der Waals surface area contributed by atoms with Crippen LogP contribution in [0.4, 0.5) is 0 Å². The molecule has 8 heteroatoms. The number of rotatable bonds is 6. The van der Waals surface area contributed by atoms with Crippen molar-refractivity contribution in [2.24, 2.45) is 0 Å². The van der Waals surface area contributed by atoms with Crippen LogP contribution in [-0.2, 0) is 0 Å². The number of carbonyl (C=O) groups excluding carboxylic acids is 1. The first-order valence-electron chi connectivity index (χ1n) is 9.06. The number of carbonyl (C=O) groups is 1. The van der Waals surface area contributed by atoms with E-state index in [1.54, 1.807) is 35.9 Å². The van der Waals surface area contributed by atoms with Crippen molar-refractivity contribution in [1.82, 2.24) is 14.6 Å². The van der Waals surface area contributed by atoms with Crippen LogP contribution in [0, 0.1) is 6.92 Å². The van der Waals surface area contributed by atoms with Crippen molar-refractivity contribution < 1.29 is 14.3 Å². The summed E-state index contributed by atoms with van der Waals surface area (Å²) in [6.07, 6.45) is 3.25. The summed E-state index contributed by atoms with van der Waals surface area (Å²) >= 11 is 7.51. The van der Waals surface area contributed by atoms with E-state index in [4.69, 9.17) is 26.1 Å². The van der Waals surface area contributed by atoms with Gasteiger partial charge in [0.25, 0.3) is 0 Å². The predicted octanol–water partition coefficient (Wildman–Crippen LogP) is 5.33. The van der Waals surface area contributed by atoms with Crippen LogP contribution >= 0.6 is 22.9 Å². The van der Waals surface area contributed by atoms with Crippen molar-refractivity contribution in [2.45, 2.75) is 6.92 Å². The molecule has 0 aliphatic heterocycles. The van der Waals surface area contributed by atoms with Gasteiger partial charge in [-0.3, -0.25) is 4.79 Å². The Morgan fingerprint density at radius 3 is 2.53 bits per heavy atom. The zero-order valence-corrected chi connectivity index (χ0v) is 18.1. The van der Waals surface area contributed by atoms with E-state index < -0.39 is 0 Å². The molecule has 0 aliphatic rings. The number of hydrogen-bond donors (Lipinski definition) is 0. The third-order valence-corrected chi connectivity index (χ3v) is 5.59. The normalized spacial score (nSPS) is 11.3. The number of ketones is 1. The fourth-order valence-electron chi connectivity index (χ4n) is 3.07. The monoisotopic (exact) mass is 439 g/mol. The maximum atomic E-state index is 12.8. The molecule has 0 saturated carbocycles. The van der Waals surface area contributed by atoms with Crippen LogP contribution in [0.2, 0.25) is 5.02 Å². The van der Waals surface area contributed by atoms with Crippen molar-refractivity contribution in [2.75, 3.05) is 14.2 Å². The van der Waals surface area contributed by atoms with Crippen molar-refractivity contribution in [3.8, 4) is 22.8 Å². The molecule has 2 aromatic heterocycles. The molecule has 0 spiro atoms. The summed E-state index contributed by atoms with van der Waals surface area (Å²) in [6.45, 7) is 1.92. The molecule has 0 aliphatic carbocycles. The number of fused-ring (bicyclic) bond motifs is 1. The molecule has 30 heavy (non-hydrogen) atoms. The molecule has 0 saturated heterocycles. The predicted molar refractivity (Wildman–Crippen MR) is 119 cm³/mol. The summed E-state index contributed by atoms with van der Waals surface area (Å²) in [6, 6.07) is 12.5. The van der Waals surface area contributed by atoms with E-state index in [1.807, 2.05) is 31.2 Å². The number of aryl methyl sites for hydroxylation is 1. The van der Waals surface area contributed by atoms with Crippen molar-refractivity contribution >= 4 is 39.8 Å². The Bertz CT molecular complexity index is 1260. The number of aromatic nitrogens is 3. The van der Waals surface area contributed by atoms with Gasteiger partial charge in [-0.2, -0.15) is 5.10 Å². The lowest BCUT2D eigenvalue weighted by Crippen LogP contribution is -1.98. The average Bonchev–Trinajstić information content (AvgIpc) is 3.28. The molecular weight excluding hydrogens is 422 g/mol. The van der Waals surface area contributed by atoms with Gasteiger partial charge in [-0.25, -0.2) is 9.50 Å². The fourth-order valence-corrected chi connectivity index (χ4v) is 3.94. The zero-order valence-electron chi connectivity index (χ0n) is 16.5. The van der Waals surface area contributed by atoms with E-state index in [9.17, 15) is 4.79 Å². The van der Waals surface area contributed by atoms with E-state index >= 15 is 0 Å². The molecule has 152 valence electrons. The van der Waals surface area contributed by atoms with Gasteiger partial charge in [0.1, 0.15) is 5.01 Å². The molecule has 0 amide bonds. The minimum Gasteiger partial charge on any atom is -0.493 e. The standard InChI is InChI=1S/C22H18ClN3O3S/c1-13-25-26-17(21(24-22(26)30-13)14-4-7-16(23)8-5-14)9-10-18(27)15-6-11-19(28-2)20(12-15)29-3/h4-12H,1-3H3/b10-9+. The maximum Gasteiger partial charge on any atom is 0.213 e. The second kappa shape index (κ2) is 8.30. The number of imidazole rings is 1. The third kappa shape index (κ3) is 3.81. The Labute approximate surface area is 182 Å². The number of nitrogens with zero attached hydrogens (tertiary/aromatic N) is 3. The number of halogens is 1. The van der Waals surface area contributed by atoms with Gasteiger partial charge in [0.05, 0.1) is 25.6 Å². The molecule has 0 bridgehead atoms. The van der Waals surface area contributed by atoms with E-state index in [1.165, 1.54) is 24.5 Å². The highest BCUT2D eigenvalue weighted by molar-refractivity contribution is 7.16. The minimum atomic E-state index is -0.167. The van der Waals surface area contributed by atoms with E-state index in [0.29, 0.717) is 22.1 Å². The number of hydrogen-bond acceptors (Lipinski definition) is 6. The van der Waals surface area contributed by atoms with Gasteiger partial charge >= 0.3 is 0 Å². The first-order chi connectivity index (χ1) is 14.5. The second-order valence-corrected chi connectivity index (χ2v) is 8.03. The lowest BCUT2D eigenvalue weighted by molar-refractivity contribution is 0.104. The highest BCUT2D eigenvalue weighted by atomic mass is 35.5. The molecule has 6 nitrogen and oxygen atoms in total. The minimum absolute atomic E-state index is 0.167. The highest BCUT2D eigenvalue weighted by Gasteiger charge is 2.16. The van der Waals surface area contributed by atoms with Crippen LogP contribution < -0.4 is 9.47 Å². The maximum absolute atomic E-state index is 12.8. The van der Waals surface area contributed by atoms with Crippen LogP contribution in [0.15, 0.2) is 48.5 Å². The highest BCUT2D eigenvalue weighted by Crippen LogP contribution is 2.30. The Kier molecular flexibility index (Phi) is 5.57. The molecular formula is C22H18ClN3O3S. The first kappa shape index (κ1) is 20.1. The first-order valence-corrected chi connectivity index (χ1v) is 10.3. The Hall–Kier alpha value is -3.16. The quantitative estimate of drug-likeness (QED) is 0.300. The van der Waals surface area contributed by atoms with Gasteiger partial charge < -0.3 is 9.47 Å². The molecule has 4 rings (SSSR count). The topological polar surface area (TPSA) is 65.7 Å². The largest absolute Gasteiger partial charge is 0.493 e. The van der Waals surface area contributed by atoms with Gasteiger partial charge in [0.15, 0.2) is 17.3 Å². The number of ether oxygens (including phenoxy) is 2. The van der Waals surface area contributed by atoms with Gasteiger partial charge in [-0.05, 0) is 49.4 Å². The van der Waals surface area contributed by atoms with Crippen LogP contribution in [0.5, 0.6) is 11.5 Å². The summed E-state index contributed by atoms with van der Waals surface area (Å²) in [4.78, 5) is 18.3. The Morgan fingerprint density at radius 2 is 1.83 bits per heavy atom. The van der Waals surface area contributed by atoms with E-state index in [2.05, 4.69) is 5.10 Å². The molecule has 4 aromatic rings. The molecule has 2 aromatic carbocycles. The number of allylic oxidation sites excluding steroid dienone is 1. The average molecular weight is 440 g/mol. The summed E-state index contributed by atoms with van der Waals surface area (Å²) in [5.41, 5.74) is 2.85. The Morgan fingerprint density at radius 1 is 1.10 bits per heavy atom. The second-order valence-electron chi connectivity index (χ2n) is 6.44. The number of benzene rings is 2. The van der Waals surface area contributed by atoms with Crippen LogP contribution in [0.1, 0.15) is 21.1 Å². The van der Waals surface area contributed by atoms with E-state index in [0.717, 1.165) is 26.9 Å². The lowest BCUT2D eigenvalue weighted by atomic mass is 10.1. The van der Waals surface area contributed by atoms with Crippen molar-refractivity contribution in [3.05, 3.63) is 69.8 Å². The summed E-state index contributed by atoms with van der Waals surface area (Å²) in [5, 5.41) is 6.06. The smallest absolute Gasteiger partial charge is 0.213 e. The third-order valence-electron chi connectivity index (χ3n) is 4.52. The lowest BCUT2D eigenvalue weighted by Gasteiger charge is -2.08. The van der Waals surface area contributed by atoms with Crippen LogP contribution in [-0.4, -0.2) is 34.6 Å². The van der Waals surface area contributed by atoms with Crippen LogP contribution in [0.25, 0.3) is 22.3 Å². The molecule has 0 radical (unpaired) electrons. The summed E-state index contributed by atoms with van der Waals surface area (Å²) in [7, 11) is 3.09. The SMILES string of the molecule is COc1ccc(C(=O)/C=C/c2c(-c3ccc(Cl)cc3)nc3sc(C)nn23)cc1OC. The molecule has 0 fully saturated rings.